The molecular weight excluding hydrogens is 531 g/mol. The fourth-order valence-corrected chi connectivity index (χ4v) is 4.21. The molecule has 1 aromatic carbocycles. The van der Waals surface area contributed by atoms with E-state index in [1.54, 1.807) is 20.8 Å². The topological polar surface area (TPSA) is 111 Å². The summed E-state index contributed by atoms with van der Waals surface area (Å²) < 4.78 is 85.8. The summed E-state index contributed by atoms with van der Waals surface area (Å²) in [6, 6.07) is 4.57. The number of rotatable bonds is 6. The minimum Gasteiger partial charge on any atom is -0.493 e. The maximum Gasteiger partial charge on any atom is 0.426 e. The first-order valence-electron chi connectivity index (χ1n) is 11.8. The number of hydrogen-bond donors (Lipinski definition) is 3. The van der Waals surface area contributed by atoms with E-state index in [0.29, 0.717) is 0 Å². The fraction of sp³-hybridized carbons (Fsp3) is 0.480. The maximum atomic E-state index is 14.5. The quantitative estimate of drug-likeness (QED) is 0.325. The molecule has 1 aliphatic heterocycles. The van der Waals surface area contributed by atoms with Crippen LogP contribution in [0.2, 0.25) is 0 Å². The summed E-state index contributed by atoms with van der Waals surface area (Å²) in [4.78, 5) is 29.0. The molecule has 214 valence electrons. The van der Waals surface area contributed by atoms with Gasteiger partial charge in [-0.05, 0) is 45.9 Å². The molecule has 0 saturated carbocycles. The lowest BCUT2D eigenvalue weighted by Gasteiger charge is -2.32. The Morgan fingerprint density at radius 1 is 1.10 bits per heavy atom. The average molecular weight is 561 g/mol. The Balaban J connectivity index is 1.84. The zero-order valence-corrected chi connectivity index (χ0v) is 22.0. The van der Waals surface area contributed by atoms with E-state index in [-0.39, 0.29) is 17.1 Å². The van der Waals surface area contributed by atoms with Gasteiger partial charge in [-0.15, -0.1) is 0 Å². The van der Waals surface area contributed by atoms with E-state index in [2.05, 4.69) is 21.2 Å². The highest BCUT2D eigenvalue weighted by molar-refractivity contribution is 5.95. The number of anilines is 2. The van der Waals surface area contributed by atoms with Crippen LogP contribution in [0.4, 0.5) is 38.3 Å². The number of carbonyl (C=O) groups is 2. The molecule has 1 fully saturated rings. The summed E-state index contributed by atoms with van der Waals surface area (Å²) >= 11 is 0. The van der Waals surface area contributed by atoms with Crippen molar-refractivity contribution in [1.82, 2.24) is 10.4 Å². The summed E-state index contributed by atoms with van der Waals surface area (Å²) in [5.74, 6) is -6.82. The van der Waals surface area contributed by atoms with E-state index in [9.17, 15) is 31.5 Å². The van der Waals surface area contributed by atoms with Gasteiger partial charge in [-0.2, -0.15) is 17.6 Å². The molecule has 1 saturated heterocycles. The number of pyridine rings is 1. The first kappa shape index (κ1) is 29.9. The van der Waals surface area contributed by atoms with Gasteiger partial charge in [0.15, 0.2) is 17.2 Å². The highest BCUT2D eigenvalue weighted by Gasteiger charge is 2.65. The molecular formula is C25H29F5N4O5. The van der Waals surface area contributed by atoms with Crippen molar-refractivity contribution in [1.29, 1.82) is 0 Å². The Kier molecular flexibility index (Phi) is 8.29. The van der Waals surface area contributed by atoms with Gasteiger partial charge in [0.25, 0.3) is 5.91 Å². The molecule has 1 aliphatic rings. The molecule has 14 heteroatoms. The second-order valence-corrected chi connectivity index (χ2v) is 10.1. The van der Waals surface area contributed by atoms with E-state index in [1.807, 2.05) is 0 Å². The van der Waals surface area contributed by atoms with Gasteiger partial charge >= 0.3 is 12.3 Å². The van der Waals surface area contributed by atoms with Crippen LogP contribution < -0.4 is 20.9 Å². The van der Waals surface area contributed by atoms with Crippen molar-refractivity contribution in [2.45, 2.75) is 64.0 Å². The lowest BCUT2D eigenvalue weighted by atomic mass is 9.77. The highest BCUT2D eigenvalue weighted by Crippen LogP contribution is 2.55. The predicted octanol–water partition coefficient (Wildman–Crippen LogP) is 5.30. The van der Waals surface area contributed by atoms with Crippen molar-refractivity contribution in [3.05, 3.63) is 47.7 Å². The molecule has 1 aromatic heterocycles. The van der Waals surface area contributed by atoms with Gasteiger partial charge in [0.05, 0.1) is 19.0 Å². The first-order valence-corrected chi connectivity index (χ1v) is 11.8. The SMILES string of the molecule is COc1c([C@H]2[C@H](C(=O)Nc3ccc(NNC(=O)OC(C)(C)C)nc3)O[C@@](C)(C(F)(F)F)[C@H]2C)ccc(F)c1F. The van der Waals surface area contributed by atoms with Gasteiger partial charge in [-0.25, -0.2) is 19.6 Å². The third-order valence-electron chi connectivity index (χ3n) is 6.29. The molecule has 3 rings (SSSR count). The number of aromatic nitrogens is 1. The van der Waals surface area contributed by atoms with Crippen LogP contribution in [0.15, 0.2) is 30.5 Å². The average Bonchev–Trinajstić information content (AvgIpc) is 3.11. The van der Waals surface area contributed by atoms with Crippen molar-refractivity contribution >= 4 is 23.5 Å². The zero-order valence-electron chi connectivity index (χ0n) is 22.0. The lowest BCUT2D eigenvalue weighted by molar-refractivity contribution is -0.272. The van der Waals surface area contributed by atoms with Crippen LogP contribution >= 0.6 is 0 Å². The molecule has 2 heterocycles. The molecule has 9 nitrogen and oxygen atoms in total. The Morgan fingerprint density at radius 2 is 1.77 bits per heavy atom. The number of benzene rings is 1. The van der Waals surface area contributed by atoms with Gasteiger partial charge in [0.2, 0.25) is 5.82 Å². The second kappa shape index (κ2) is 10.8. The summed E-state index contributed by atoms with van der Waals surface area (Å²) in [6.45, 7) is 7.06. The lowest BCUT2D eigenvalue weighted by Crippen LogP contribution is -2.47. The third-order valence-corrected chi connectivity index (χ3v) is 6.29. The molecule has 3 N–H and O–H groups in total. The van der Waals surface area contributed by atoms with E-state index >= 15 is 0 Å². The van der Waals surface area contributed by atoms with Crippen LogP contribution in [0.25, 0.3) is 0 Å². The molecule has 0 radical (unpaired) electrons. The van der Waals surface area contributed by atoms with Crippen LogP contribution in [-0.2, 0) is 14.3 Å². The first-order chi connectivity index (χ1) is 18.0. The monoisotopic (exact) mass is 560 g/mol. The summed E-state index contributed by atoms with van der Waals surface area (Å²) in [7, 11) is 1.04. The summed E-state index contributed by atoms with van der Waals surface area (Å²) in [5, 5.41) is 2.44. The van der Waals surface area contributed by atoms with E-state index < -0.39 is 64.7 Å². The molecule has 0 unspecified atom stereocenters. The number of amides is 2. The van der Waals surface area contributed by atoms with Crippen LogP contribution in [0.3, 0.4) is 0 Å². The number of halogens is 5. The number of nitrogens with one attached hydrogen (secondary N) is 3. The minimum atomic E-state index is -4.89. The zero-order chi connectivity index (χ0) is 29.3. The largest absolute Gasteiger partial charge is 0.493 e. The van der Waals surface area contributed by atoms with E-state index in [4.69, 9.17) is 14.2 Å². The van der Waals surface area contributed by atoms with E-state index in [0.717, 1.165) is 26.2 Å². The molecule has 39 heavy (non-hydrogen) atoms. The van der Waals surface area contributed by atoms with Crippen molar-refractivity contribution in [3.8, 4) is 5.75 Å². The van der Waals surface area contributed by atoms with Crippen LogP contribution in [0.1, 0.15) is 46.1 Å². The third kappa shape index (κ3) is 6.32. The Morgan fingerprint density at radius 3 is 2.31 bits per heavy atom. The van der Waals surface area contributed by atoms with Gasteiger partial charge in [0, 0.05) is 17.4 Å². The second-order valence-electron chi connectivity index (χ2n) is 10.1. The number of nitrogens with zero attached hydrogens (tertiary/aromatic N) is 1. The Labute approximate surface area is 221 Å². The number of ether oxygens (including phenoxy) is 3. The predicted molar refractivity (Wildman–Crippen MR) is 130 cm³/mol. The minimum absolute atomic E-state index is 0.0932. The maximum absolute atomic E-state index is 14.5. The smallest absolute Gasteiger partial charge is 0.426 e. The van der Waals surface area contributed by atoms with Gasteiger partial charge in [-0.1, -0.05) is 13.0 Å². The van der Waals surface area contributed by atoms with Crippen molar-refractivity contribution in [2.75, 3.05) is 17.9 Å². The Hall–Kier alpha value is -3.68. The molecule has 2 aromatic rings. The molecule has 2 amide bonds. The van der Waals surface area contributed by atoms with Crippen molar-refractivity contribution in [2.24, 2.45) is 5.92 Å². The number of carbonyl (C=O) groups excluding carboxylic acids is 2. The Bertz CT molecular complexity index is 1220. The van der Waals surface area contributed by atoms with Crippen LogP contribution in [-0.4, -0.2) is 47.6 Å². The number of hydrazine groups is 1. The standard InChI is InChI=1S/C25H29F5N4O5/c1-12-17(14-8-9-15(26)18(27)19(14)37-6)20(38-24(12,5)25(28,29)30)21(35)32-13-7-10-16(31-11-13)33-34-22(36)39-23(2,3)4/h7-12,17,20H,1-6H3,(H,31,33)(H,32,35)(H,34,36)/t12-,17-,20+,24+/m0/s1. The van der Waals surface area contributed by atoms with Crippen LogP contribution in [0.5, 0.6) is 5.75 Å². The molecule has 0 aliphatic carbocycles. The van der Waals surface area contributed by atoms with Crippen molar-refractivity contribution < 1.29 is 45.8 Å². The van der Waals surface area contributed by atoms with Gasteiger partial charge in [0.1, 0.15) is 17.5 Å². The number of methoxy groups -OCH3 is 1. The van der Waals surface area contributed by atoms with Crippen molar-refractivity contribution in [3.63, 3.8) is 0 Å². The highest BCUT2D eigenvalue weighted by atomic mass is 19.4. The van der Waals surface area contributed by atoms with E-state index in [1.165, 1.54) is 25.3 Å². The number of hydrogen-bond acceptors (Lipinski definition) is 7. The summed E-state index contributed by atoms with van der Waals surface area (Å²) in [6.07, 6.45) is -6.22. The normalized spacial score (nSPS) is 23.2. The molecule has 4 atom stereocenters. The van der Waals surface area contributed by atoms with Gasteiger partial charge in [-0.3, -0.25) is 10.2 Å². The van der Waals surface area contributed by atoms with Crippen LogP contribution in [0, 0.1) is 17.6 Å². The molecule has 0 bridgehead atoms. The summed E-state index contributed by atoms with van der Waals surface area (Å²) in [5.41, 5.74) is 1.22. The molecule has 0 spiro atoms. The fourth-order valence-electron chi connectivity index (χ4n) is 4.21. The number of alkyl halides is 3. The van der Waals surface area contributed by atoms with Gasteiger partial charge < -0.3 is 19.5 Å².